The molecule has 0 radical (unpaired) electrons. The van der Waals surface area contributed by atoms with Crippen molar-refractivity contribution in [2.45, 2.75) is 30.2 Å². The van der Waals surface area contributed by atoms with Gasteiger partial charge < -0.3 is 24.8 Å². The number of benzene rings is 3. The molecule has 1 heterocycles. The first kappa shape index (κ1) is 19.8. The van der Waals surface area contributed by atoms with Gasteiger partial charge in [0.1, 0.15) is 23.9 Å². The summed E-state index contributed by atoms with van der Waals surface area (Å²) >= 11 is 0. The monoisotopic (exact) mass is 392 g/mol. The molecule has 3 aromatic rings. The van der Waals surface area contributed by atoms with Crippen molar-refractivity contribution in [1.29, 1.82) is 0 Å². The Morgan fingerprint density at radius 3 is 1.45 bits per heavy atom. The van der Waals surface area contributed by atoms with Crippen LogP contribution in [-0.2, 0) is 15.1 Å². The molecule has 0 aromatic heterocycles. The predicted octanol–water partition coefficient (Wildman–Crippen LogP) is 2.43. The van der Waals surface area contributed by atoms with E-state index in [2.05, 4.69) is 0 Å². The second-order valence-electron chi connectivity index (χ2n) is 7.10. The van der Waals surface area contributed by atoms with Crippen LogP contribution in [0, 0.1) is 0 Å². The minimum absolute atomic E-state index is 0.410. The Morgan fingerprint density at radius 1 is 0.690 bits per heavy atom. The summed E-state index contributed by atoms with van der Waals surface area (Å²) in [4.78, 5) is 0. The molecule has 0 bridgehead atoms. The molecule has 1 aliphatic heterocycles. The van der Waals surface area contributed by atoms with Crippen molar-refractivity contribution in [1.82, 2.24) is 0 Å². The molecule has 1 unspecified atom stereocenters. The lowest BCUT2D eigenvalue weighted by Gasteiger charge is -2.38. The summed E-state index contributed by atoms with van der Waals surface area (Å²) in [7, 11) is 0. The molecule has 0 saturated carbocycles. The van der Waals surface area contributed by atoms with E-state index >= 15 is 0 Å². The Bertz CT molecular complexity index is 804. The van der Waals surface area contributed by atoms with Gasteiger partial charge in [-0.2, -0.15) is 0 Å². The van der Waals surface area contributed by atoms with E-state index < -0.39 is 36.8 Å². The van der Waals surface area contributed by atoms with Gasteiger partial charge in [0.2, 0.25) is 0 Å². The fourth-order valence-corrected chi connectivity index (χ4v) is 3.86. The second kappa shape index (κ2) is 8.45. The van der Waals surface area contributed by atoms with Crippen molar-refractivity contribution < 1.29 is 24.8 Å². The van der Waals surface area contributed by atoms with Gasteiger partial charge in [0.05, 0.1) is 6.61 Å². The topological polar surface area (TPSA) is 79.2 Å². The average molecular weight is 392 g/mol. The Kier molecular flexibility index (Phi) is 5.76. The highest BCUT2D eigenvalue weighted by molar-refractivity contribution is 5.47. The van der Waals surface area contributed by atoms with Crippen LogP contribution >= 0.6 is 0 Å². The molecule has 1 saturated heterocycles. The Hall–Kier alpha value is -2.54. The molecule has 29 heavy (non-hydrogen) atoms. The standard InChI is InChI=1S/C24H24O5/c25-16-20-21(26)22(27)23(28-20)29-24(17-10-4-1-5-11-17,18-12-6-2-7-13-18)19-14-8-3-9-15-19/h1-15,20-23,25-27H,16H2/t20-,21-,22-,23?/m1/s1. The van der Waals surface area contributed by atoms with Crippen molar-refractivity contribution in [3.8, 4) is 0 Å². The van der Waals surface area contributed by atoms with Crippen LogP contribution in [0.5, 0.6) is 0 Å². The van der Waals surface area contributed by atoms with Crippen LogP contribution < -0.4 is 0 Å². The molecule has 0 amide bonds. The first-order valence-electron chi connectivity index (χ1n) is 9.63. The zero-order chi connectivity index (χ0) is 20.3. The lowest BCUT2D eigenvalue weighted by Crippen LogP contribution is -2.42. The molecular weight excluding hydrogens is 368 g/mol. The summed E-state index contributed by atoms with van der Waals surface area (Å²) in [6, 6.07) is 29.1. The maximum Gasteiger partial charge on any atom is 0.188 e. The first-order valence-corrected chi connectivity index (χ1v) is 9.63. The molecular formula is C24H24O5. The Balaban J connectivity index is 1.89. The van der Waals surface area contributed by atoms with Crippen LogP contribution in [-0.4, -0.2) is 46.5 Å². The van der Waals surface area contributed by atoms with Gasteiger partial charge in [-0.3, -0.25) is 0 Å². The third kappa shape index (κ3) is 3.59. The van der Waals surface area contributed by atoms with E-state index in [9.17, 15) is 15.3 Å². The van der Waals surface area contributed by atoms with Crippen LogP contribution in [0.25, 0.3) is 0 Å². The van der Waals surface area contributed by atoms with E-state index in [0.717, 1.165) is 16.7 Å². The molecule has 0 aliphatic carbocycles. The summed E-state index contributed by atoms with van der Waals surface area (Å²) in [5, 5.41) is 30.2. The first-order chi connectivity index (χ1) is 14.2. The van der Waals surface area contributed by atoms with Crippen LogP contribution in [0.1, 0.15) is 16.7 Å². The van der Waals surface area contributed by atoms with E-state index in [1.54, 1.807) is 0 Å². The second-order valence-corrected chi connectivity index (χ2v) is 7.10. The quantitative estimate of drug-likeness (QED) is 0.562. The third-order valence-electron chi connectivity index (χ3n) is 5.33. The van der Waals surface area contributed by atoms with Gasteiger partial charge in [0, 0.05) is 0 Å². The fourth-order valence-electron chi connectivity index (χ4n) is 3.86. The van der Waals surface area contributed by atoms with Crippen molar-refractivity contribution in [3.63, 3.8) is 0 Å². The zero-order valence-electron chi connectivity index (χ0n) is 15.8. The maximum atomic E-state index is 10.6. The van der Waals surface area contributed by atoms with Gasteiger partial charge in [0.15, 0.2) is 6.29 Å². The fraction of sp³-hybridized carbons (Fsp3) is 0.250. The SMILES string of the molecule is OC[C@H]1OC(OC(c2ccccc2)(c2ccccc2)c2ccccc2)[C@H](O)[C@@H]1O. The molecule has 150 valence electrons. The molecule has 3 N–H and O–H groups in total. The molecule has 5 heteroatoms. The minimum Gasteiger partial charge on any atom is -0.394 e. The molecule has 1 aliphatic rings. The molecule has 5 nitrogen and oxygen atoms in total. The van der Waals surface area contributed by atoms with E-state index in [1.807, 2.05) is 91.0 Å². The van der Waals surface area contributed by atoms with Gasteiger partial charge >= 0.3 is 0 Å². The Morgan fingerprint density at radius 2 is 1.10 bits per heavy atom. The molecule has 1 fully saturated rings. The van der Waals surface area contributed by atoms with Crippen molar-refractivity contribution in [2.75, 3.05) is 6.61 Å². The minimum atomic E-state index is -1.29. The number of ether oxygens (including phenoxy) is 2. The number of hydrogen-bond donors (Lipinski definition) is 3. The number of aliphatic hydroxyl groups is 3. The molecule has 3 aromatic carbocycles. The van der Waals surface area contributed by atoms with E-state index in [0.29, 0.717) is 0 Å². The summed E-state index contributed by atoms with van der Waals surface area (Å²) < 4.78 is 12.2. The smallest absolute Gasteiger partial charge is 0.188 e. The molecule has 4 rings (SSSR count). The lowest BCUT2D eigenvalue weighted by molar-refractivity contribution is -0.210. The van der Waals surface area contributed by atoms with Crippen molar-refractivity contribution in [2.24, 2.45) is 0 Å². The molecule has 4 atom stereocenters. The largest absolute Gasteiger partial charge is 0.394 e. The van der Waals surface area contributed by atoms with Gasteiger partial charge in [0.25, 0.3) is 0 Å². The summed E-state index contributed by atoms with van der Waals surface area (Å²) in [6.07, 6.45) is -4.55. The van der Waals surface area contributed by atoms with E-state index in [4.69, 9.17) is 9.47 Å². The summed E-state index contributed by atoms with van der Waals surface area (Å²) in [5.41, 5.74) is 1.49. The van der Waals surface area contributed by atoms with Crippen LogP contribution in [0.3, 0.4) is 0 Å². The van der Waals surface area contributed by atoms with Crippen LogP contribution in [0.2, 0.25) is 0 Å². The predicted molar refractivity (Wildman–Crippen MR) is 108 cm³/mol. The Labute approximate surface area is 169 Å². The van der Waals surface area contributed by atoms with Crippen LogP contribution in [0.15, 0.2) is 91.0 Å². The zero-order valence-corrected chi connectivity index (χ0v) is 15.8. The highest BCUT2D eigenvalue weighted by Gasteiger charge is 2.49. The van der Waals surface area contributed by atoms with Gasteiger partial charge in [-0.25, -0.2) is 0 Å². The van der Waals surface area contributed by atoms with Crippen LogP contribution in [0.4, 0.5) is 0 Å². The van der Waals surface area contributed by atoms with Gasteiger partial charge in [-0.15, -0.1) is 0 Å². The highest BCUT2D eigenvalue weighted by Crippen LogP contribution is 2.43. The summed E-state index contributed by atoms with van der Waals surface area (Å²) in [5.74, 6) is 0. The summed E-state index contributed by atoms with van der Waals surface area (Å²) in [6.45, 7) is -0.410. The average Bonchev–Trinajstić information content (AvgIpc) is 3.07. The normalized spacial score (nSPS) is 24.5. The highest BCUT2D eigenvalue weighted by atomic mass is 16.7. The van der Waals surface area contributed by atoms with E-state index in [-0.39, 0.29) is 0 Å². The van der Waals surface area contributed by atoms with Gasteiger partial charge in [-0.05, 0) is 16.7 Å². The van der Waals surface area contributed by atoms with Crippen molar-refractivity contribution in [3.05, 3.63) is 108 Å². The third-order valence-corrected chi connectivity index (χ3v) is 5.33. The van der Waals surface area contributed by atoms with Gasteiger partial charge in [-0.1, -0.05) is 91.0 Å². The molecule has 0 spiro atoms. The van der Waals surface area contributed by atoms with E-state index in [1.165, 1.54) is 0 Å². The van der Waals surface area contributed by atoms with Crippen molar-refractivity contribution >= 4 is 0 Å². The number of rotatable bonds is 6. The lowest BCUT2D eigenvalue weighted by atomic mass is 9.80. The number of aliphatic hydroxyl groups excluding tert-OH is 3. The maximum absolute atomic E-state index is 10.6. The number of hydrogen-bond acceptors (Lipinski definition) is 5.